The lowest BCUT2D eigenvalue weighted by atomic mass is 10.0. The summed E-state index contributed by atoms with van der Waals surface area (Å²) >= 11 is 0. The maximum Gasteiger partial charge on any atom is 0.0278 e. The van der Waals surface area contributed by atoms with Crippen molar-refractivity contribution in [2.24, 2.45) is 0 Å². The molecule has 2 rings (SSSR count). The molecule has 0 radical (unpaired) electrons. The largest absolute Gasteiger partial charge is 0.315 e. The van der Waals surface area contributed by atoms with E-state index in [-0.39, 0.29) is 5.54 Å². The Morgan fingerprint density at radius 3 is 2.63 bits per heavy atom. The normalized spacial score (nSPS) is 17.6. The molecule has 2 N–H and O–H groups in total. The van der Waals surface area contributed by atoms with Gasteiger partial charge in [-0.1, -0.05) is 0 Å². The first kappa shape index (κ1) is 14.4. The third kappa shape index (κ3) is 4.56. The van der Waals surface area contributed by atoms with E-state index in [1.165, 1.54) is 5.56 Å². The van der Waals surface area contributed by atoms with Crippen LogP contribution in [-0.4, -0.2) is 54.7 Å². The molecule has 4 nitrogen and oxygen atoms in total. The second-order valence-corrected chi connectivity index (χ2v) is 5.83. The summed E-state index contributed by atoms with van der Waals surface area (Å²) in [4.78, 5) is 6.61. The number of hydrogen-bond acceptors (Lipinski definition) is 4. The maximum absolute atomic E-state index is 4.04. The molecule has 0 aliphatic carbocycles. The molecular weight excluding hydrogens is 236 g/mol. The summed E-state index contributed by atoms with van der Waals surface area (Å²) in [6.07, 6.45) is 4.79. The lowest BCUT2D eigenvalue weighted by molar-refractivity contribution is 0.102. The molecule has 4 heteroatoms. The fourth-order valence-corrected chi connectivity index (χ4v) is 2.56. The van der Waals surface area contributed by atoms with Crippen molar-refractivity contribution >= 4 is 0 Å². The highest BCUT2D eigenvalue weighted by Gasteiger charge is 2.26. The Labute approximate surface area is 116 Å². The van der Waals surface area contributed by atoms with E-state index < -0.39 is 0 Å². The Morgan fingerprint density at radius 1 is 1.26 bits per heavy atom. The summed E-state index contributed by atoms with van der Waals surface area (Å²) in [5, 5.41) is 7.00. The van der Waals surface area contributed by atoms with E-state index in [2.05, 4.69) is 46.5 Å². The second kappa shape index (κ2) is 6.98. The van der Waals surface area contributed by atoms with Gasteiger partial charge < -0.3 is 10.6 Å². The molecule has 0 saturated carbocycles. The van der Waals surface area contributed by atoms with Crippen molar-refractivity contribution in [2.75, 3.05) is 39.3 Å². The van der Waals surface area contributed by atoms with Crippen LogP contribution in [0.5, 0.6) is 0 Å². The summed E-state index contributed by atoms with van der Waals surface area (Å²) < 4.78 is 0. The number of pyridine rings is 1. The molecule has 1 fully saturated rings. The average Bonchev–Trinajstić information content (AvgIpc) is 2.46. The average molecular weight is 262 g/mol. The van der Waals surface area contributed by atoms with Crippen LogP contribution >= 0.6 is 0 Å². The first-order chi connectivity index (χ1) is 9.18. The predicted octanol–water partition coefficient (Wildman–Crippen LogP) is 0.898. The summed E-state index contributed by atoms with van der Waals surface area (Å²) in [5.41, 5.74) is 1.59. The van der Waals surface area contributed by atoms with Gasteiger partial charge in [0.1, 0.15) is 0 Å². The fraction of sp³-hybridized carbons (Fsp3) is 0.667. The van der Waals surface area contributed by atoms with E-state index in [0.717, 1.165) is 45.7 Å². The van der Waals surface area contributed by atoms with E-state index in [4.69, 9.17) is 0 Å². The van der Waals surface area contributed by atoms with Crippen molar-refractivity contribution in [3.8, 4) is 0 Å². The second-order valence-electron chi connectivity index (χ2n) is 5.83. The standard InChI is InChI=1S/C15H26N4/c1-15(2,19-11-9-17-10-12-19)13-18-8-5-14-3-6-16-7-4-14/h3-4,6-7,17-18H,5,8-13H2,1-2H3. The molecule has 1 aliphatic rings. The van der Waals surface area contributed by atoms with Crippen molar-refractivity contribution in [2.45, 2.75) is 25.8 Å². The highest BCUT2D eigenvalue weighted by molar-refractivity contribution is 5.09. The van der Waals surface area contributed by atoms with E-state index in [0.29, 0.717) is 0 Å². The summed E-state index contributed by atoms with van der Waals surface area (Å²) in [6, 6.07) is 4.17. The van der Waals surface area contributed by atoms with Crippen molar-refractivity contribution in [3.63, 3.8) is 0 Å². The van der Waals surface area contributed by atoms with Crippen LogP contribution in [0.2, 0.25) is 0 Å². The van der Waals surface area contributed by atoms with Gasteiger partial charge in [-0.15, -0.1) is 0 Å². The molecule has 0 unspecified atom stereocenters. The first-order valence-corrected chi connectivity index (χ1v) is 7.24. The molecule has 0 aromatic carbocycles. The lowest BCUT2D eigenvalue weighted by Gasteiger charge is -2.41. The van der Waals surface area contributed by atoms with Crippen LogP contribution in [0.15, 0.2) is 24.5 Å². The van der Waals surface area contributed by atoms with Crippen LogP contribution in [0, 0.1) is 0 Å². The molecule has 106 valence electrons. The zero-order valence-electron chi connectivity index (χ0n) is 12.2. The van der Waals surface area contributed by atoms with Gasteiger partial charge >= 0.3 is 0 Å². The van der Waals surface area contributed by atoms with Crippen LogP contribution in [0.25, 0.3) is 0 Å². The number of hydrogen-bond donors (Lipinski definition) is 2. The minimum Gasteiger partial charge on any atom is -0.315 e. The zero-order chi connectivity index (χ0) is 13.6. The van der Waals surface area contributed by atoms with Gasteiger partial charge in [0.2, 0.25) is 0 Å². The molecule has 1 aromatic rings. The molecule has 0 amide bonds. The summed E-state index contributed by atoms with van der Waals surface area (Å²) in [6.45, 7) is 11.3. The van der Waals surface area contributed by atoms with Crippen LogP contribution in [-0.2, 0) is 6.42 Å². The Morgan fingerprint density at radius 2 is 1.95 bits per heavy atom. The van der Waals surface area contributed by atoms with Crippen LogP contribution < -0.4 is 10.6 Å². The molecule has 1 aliphatic heterocycles. The van der Waals surface area contributed by atoms with Gasteiger partial charge in [-0.05, 0) is 44.5 Å². The maximum atomic E-state index is 4.04. The highest BCUT2D eigenvalue weighted by Crippen LogP contribution is 2.13. The molecule has 1 aromatic heterocycles. The third-order valence-electron chi connectivity index (χ3n) is 3.87. The van der Waals surface area contributed by atoms with Crippen LogP contribution in [0.1, 0.15) is 19.4 Å². The van der Waals surface area contributed by atoms with Crippen LogP contribution in [0.4, 0.5) is 0 Å². The van der Waals surface area contributed by atoms with Crippen molar-refractivity contribution < 1.29 is 0 Å². The number of piperazine rings is 1. The number of nitrogens with zero attached hydrogens (tertiary/aromatic N) is 2. The smallest absolute Gasteiger partial charge is 0.0278 e. The first-order valence-electron chi connectivity index (χ1n) is 7.24. The Balaban J connectivity index is 1.69. The molecule has 19 heavy (non-hydrogen) atoms. The number of rotatable bonds is 6. The minimum atomic E-state index is 0.236. The van der Waals surface area contributed by atoms with Gasteiger partial charge in [-0.3, -0.25) is 9.88 Å². The highest BCUT2D eigenvalue weighted by atomic mass is 15.2. The molecular formula is C15H26N4. The summed E-state index contributed by atoms with van der Waals surface area (Å²) in [5.74, 6) is 0. The van der Waals surface area contributed by atoms with Gasteiger partial charge in [-0.2, -0.15) is 0 Å². The van der Waals surface area contributed by atoms with E-state index >= 15 is 0 Å². The quantitative estimate of drug-likeness (QED) is 0.747. The van der Waals surface area contributed by atoms with Gasteiger partial charge in [0.15, 0.2) is 0 Å². The molecule has 0 atom stereocenters. The Hall–Kier alpha value is -0.970. The van der Waals surface area contributed by atoms with Crippen molar-refractivity contribution in [1.82, 2.24) is 20.5 Å². The Kier molecular flexibility index (Phi) is 5.31. The molecule has 2 heterocycles. The van der Waals surface area contributed by atoms with Gasteiger partial charge in [0.25, 0.3) is 0 Å². The van der Waals surface area contributed by atoms with E-state index in [1.807, 2.05) is 12.4 Å². The van der Waals surface area contributed by atoms with Gasteiger partial charge in [0.05, 0.1) is 0 Å². The van der Waals surface area contributed by atoms with Crippen molar-refractivity contribution in [3.05, 3.63) is 30.1 Å². The SMILES string of the molecule is CC(C)(CNCCc1ccncc1)N1CCNCC1. The monoisotopic (exact) mass is 262 g/mol. The van der Waals surface area contributed by atoms with Crippen molar-refractivity contribution in [1.29, 1.82) is 0 Å². The fourth-order valence-electron chi connectivity index (χ4n) is 2.56. The van der Waals surface area contributed by atoms with E-state index in [1.54, 1.807) is 0 Å². The molecule has 1 saturated heterocycles. The Bertz CT molecular complexity index is 358. The summed E-state index contributed by atoms with van der Waals surface area (Å²) in [7, 11) is 0. The zero-order valence-corrected chi connectivity index (χ0v) is 12.2. The molecule has 0 bridgehead atoms. The van der Waals surface area contributed by atoms with Crippen LogP contribution in [0.3, 0.4) is 0 Å². The minimum absolute atomic E-state index is 0.236. The molecule has 0 spiro atoms. The van der Waals surface area contributed by atoms with Gasteiger partial charge in [0, 0.05) is 50.7 Å². The lowest BCUT2D eigenvalue weighted by Crippen LogP contribution is -2.57. The van der Waals surface area contributed by atoms with Gasteiger partial charge in [-0.25, -0.2) is 0 Å². The number of aromatic nitrogens is 1. The predicted molar refractivity (Wildman–Crippen MR) is 79.3 cm³/mol. The third-order valence-corrected chi connectivity index (χ3v) is 3.87. The van der Waals surface area contributed by atoms with E-state index in [9.17, 15) is 0 Å². The number of nitrogens with one attached hydrogen (secondary N) is 2. The topological polar surface area (TPSA) is 40.2 Å².